The van der Waals surface area contributed by atoms with Crippen LogP contribution in [0.1, 0.15) is 393 Å². The molecule has 0 spiro atoms. The summed E-state index contributed by atoms with van der Waals surface area (Å²) in [5.41, 5.74) is 0. The van der Waals surface area contributed by atoms with E-state index in [1.54, 1.807) is 0 Å². The monoisotopic (exact) mass is 1160 g/mol. The molecule has 0 aliphatic rings. The maximum absolute atomic E-state index is 12.9. The first-order valence-electron chi connectivity index (χ1n) is 36.8. The predicted octanol–water partition coefficient (Wildman–Crippen LogP) is 25.5. The summed E-state index contributed by atoms with van der Waals surface area (Å²) in [6.45, 7) is 6.59. The van der Waals surface area contributed by atoms with Crippen molar-refractivity contribution in [2.75, 3.05) is 13.2 Å². The van der Waals surface area contributed by atoms with Gasteiger partial charge in [-0.1, -0.05) is 332 Å². The highest BCUT2D eigenvalue weighted by Gasteiger charge is 2.19. The van der Waals surface area contributed by atoms with Gasteiger partial charge in [0.2, 0.25) is 0 Å². The standard InChI is InChI=1S/C77H140O6/c1-4-7-10-13-16-19-22-25-27-29-31-32-33-34-35-36-37-38-39-40-41-42-43-44-46-47-49-52-55-58-61-64-67-70-76(79)82-73-74(72-81-75(78)69-66-63-60-57-54-51-24-21-18-15-12-9-6-3)83-77(80)71-68-65-62-59-56-53-50-48-45-30-28-26-23-20-17-14-11-8-5-2/h12,15,17,20-21,24,26,28-29,31,74H,4-11,13-14,16,18-19,22-23,25,27,30,32-73H2,1-3H3/b15-12-,20-17-,24-21-,28-26-,31-29-. The van der Waals surface area contributed by atoms with E-state index in [1.165, 1.54) is 263 Å². The van der Waals surface area contributed by atoms with Crippen molar-refractivity contribution in [2.24, 2.45) is 0 Å². The molecular formula is C77H140O6. The fraction of sp³-hybridized carbons (Fsp3) is 0.831. The van der Waals surface area contributed by atoms with Crippen molar-refractivity contribution in [3.05, 3.63) is 60.8 Å². The Morgan fingerprint density at radius 1 is 0.241 bits per heavy atom. The highest BCUT2D eigenvalue weighted by molar-refractivity contribution is 5.71. The van der Waals surface area contributed by atoms with Crippen LogP contribution < -0.4 is 0 Å². The predicted molar refractivity (Wildman–Crippen MR) is 362 cm³/mol. The van der Waals surface area contributed by atoms with Crippen molar-refractivity contribution in [2.45, 2.75) is 399 Å². The van der Waals surface area contributed by atoms with E-state index in [1.807, 2.05) is 0 Å². The van der Waals surface area contributed by atoms with Crippen LogP contribution >= 0.6 is 0 Å². The van der Waals surface area contributed by atoms with Crippen LogP contribution in [0.15, 0.2) is 60.8 Å². The molecule has 0 aliphatic heterocycles. The molecule has 0 heterocycles. The smallest absolute Gasteiger partial charge is 0.306 e. The number of carbonyl (C=O) groups excluding carboxylic acids is 3. The van der Waals surface area contributed by atoms with Gasteiger partial charge >= 0.3 is 17.9 Å². The van der Waals surface area contributed by atoms with Crippen LogP contribution in [0.2, 0.25) is 0 Å². The summed E-state index contributed by atoms with van der Waals surface area (Å²) in [7, 11) is 0. The Hall–Kier alpha value is -2.89. The number of unbranched alkanes of at least 4 members (excludes halogenated alkanes) is 47. The number of carbonyl (C=O) groups is 3. The second-order valence-electron chi connectivity index (χ2n) is 24.8. The molecule has 484 valence electrons. The normalized spacial score (nSPS) is 12.4. The van der Waals surface area contributed by atoms with Gasteiger partial charge in [0, 0.05) is 19.3 Å². The van der Waals surface area contributed by atoms with E-state index in [4.69, 9.17) is 14.2 Å². The number of esters is 3. The molecule has 83 heavy (non-hydrogen) atoms. The molecule has 0 aromatic rings. The molecule has 0 fully saturated rings. The van der Waals surface area contributed by atoms with Gasteiger partial charge in [-0.15, -0.1) is 0 Å². The van der Waals surface area contributed by atoms with Gasteiger partial charge in [-0.25, -0.2) is 0 Å². The van der Waals surface area contributed by atoms with Crippen LogP contribution in [-0.2, 0) is 28.6 Å². The SMILES string of the molecule is CCC/C=C\C/C=C\CCCCCCCC(=O)OCC(COC(=O)CCCCCCCCCCCCCCCCCCCCCCC/C=C\CCCCCCCCCC)OC(=O)CCCCCCCCCCC/C=C\C/C=C\CCCCC. The summed E-state index contributed by atoms with van der Waals surface area (Å²) in [5.74, 6) is -0.874. The van der Waals surface area contributed by atoms with Crippen molar-refractivity contribution >= 4 is 17.9 Å². The van der Waals surface area contributed by atoms with Crippen molar-refractivity contribution in [1.29, 1.82) is 0 Å². The first-order chi connectivity index (χ1) is 41.0. The minimum Gasteiger partial charge on any atom is -0.462 e. The van der Waals surface area contributed by atoms with E-state index in [2.05, 4.69) is 81.5 Å². The van der Waals surface area contributed by atoms with Crippen LogP contribution in [0.5, 0.6) is 0 Å². The van der Waals surface area contributed by atoms with E-state index in [9.17, 15) is 14.4 Å². The fourth-order valence-corrected chi connectivity index (χ4v) is 10.9. The minimum absolute atomic E-state index is 0.0769. The molecule has 0 saturated carbocycles. The number of ether oxygens (including phenoxy) is 3. The molecular weight excluding hydrogens is 1020 g/mol. The second kappa shape index (κ2) is 71.6. The van der Waals surface area contributed by atoms with E-state index in [0.717, 1.165) is 89.9 Å². The van der Waals surface area contributed by atoms with E-state index < -0.39 is 6.10 Å². The molecule has 6 nitrogen and oxygen atoms in total. The lowest BCUT2D eigenvalue weighted by Gasteiger charge is -2.18. The zero-order valence-corrected chi connectivity index (χ0v) is 55.7. The van der Waals surface area contributed by atoms with Gasteiger partial charge in [0.1, 0.15) is 13.2 Å². The Balaban J connectivity index is 4.14. The van der Waals surface area contributed by atoms with Crippen LogP contribution in [0.4, 0.5) is 0 Å². The minimum atomic E-state index is -0.782. The Labute approximate surface area is 517 Å². The number of hydrogen-bond donors (Lipinski definition) is 0. The van der Waals surface area contributed by atoms with E-state index >= 15 is 0 Å². The molecule has 0 N–H and O–H groups in total. The average Bonchev–Trinajstić information content (AvgIpc) is 3.49. The van der Waals surface area contributed by atoms with Crippen molar-refractivity contribution in [3.63, 3.8) is 0 Å². The van der Waals surface area contributed by atoms with Gasteiger partial charge in [0.05, 0.1) is 0 Å². The van der Waals surface area contributed by atoms with E-state index in [-0.39, 0.29) is 31.1 Å². The Bertz CT molecular complexity index is 1470. The summed E-state index contributed by atoms with van der Waals surface area (Å²) in [6, 6.07) is 0. The van der Waals surface area contributed by atoms with Crippen molar-refractivity contribution < 1.29 is 28.6 Å². The third-order valence-corrected chi connectivity index (χ3v) is 16.4. The van der Waals surface area contributed by atoms with Crippen molar-refractivity contribution in [3.8, 4) is 0 Å². The molecule has 1 unspecified atom stereocenters. The molecule has 6 heteroatoms. The van der Waals surface area contributed by atoms with Crippen LogP contribution in [0, 0.1) is 0 Å². The quantitative estimate of drug-likeness (QED) is 0.0261. The molecule has 0 aromatic carbocycles. The summed E-state index contributed by atoms with van der Waals surface area (Å²) in [5, 5.41) is 0. The maximum Gasteiger partial charge on any atom is 0.306 e. The molecule has 0 amide bonds. The van der Waals surface area contributed by atoms with Crippen LogP contribution in [0.25, 0.3) is 0 Å². The highest BCUT2D eigenvalue weighted by Crippen LogP contribution is 2.18. The third kappa shape index (κ3) is 69.8. The topological polar surface area (TPSA) is 78.9 Å². The average molecular weight is 1160 g/mol. The Morgan fingerprint density at radius 3 is 0.747 bits per heavy atom. The van der Waals surface area contributed by atoms with Crippen LogP contribution in [0.3, 0.4) is 0 Å². The molecule has 0 bridgehead atoms. The summed E-state index contributed by atoms with van der Waals surface area (Å²) in [4.78, 5) is 38.4. The third-order valence-electron chi connectivity index (χ3n) is 16.4. The Morgan fingerprint density at radius 2 is 0.458 bits per heavy atom. The highest BCUT2D eigenvalue weighted by atomic mass is 16.6. The van der Waals surface area contributed by atoms with Gasteiger partial charge in [0.15, 0.2) is 6.10 Å². The number of allylic oxidation sites excluding steroid dienone is 10. The number of rotatable bonds is 68. The summed E-state index contributed by atoms with van der Waals surface area (Å²) >= 11 is 0. The Kier molecular flexibility index (Phi) is 69.1. The molecule has 0 aromatic heterocycles. The zero-order chi connectivity index (χ0) is 59.9. The van der Waals surface area contributed by atoms with Gasteiger partial charge in [-0.05, 0) is 103 Å². The van der Waals surface area contributed by atoms with Crippen LogP contribution in [-0.4, -0.2) is 37.2 Å². The molecule has 0 saturated heterocycles. The van der Waals surface area contributed by atoms with Crippen molar-refractivity contribution in [1.82, 2.24) is 0 Å². The lowest BCUT2D eigenvalue weighted by Crippen LogP contribution is -2.30. The fourth-order valence-electron chi connectivity index (χ4n) is 10.9. The molecule has 0 aliphatic carbocycles. The largest absolute Gasteiger partial charge is 0.462 e. The van der Waals surface area contributed by atoms with Gasteiger partial charge < -0.3 is 14.2 Å². The summed E-state index contributed by atoms with van der Waals surface area (Å²) < 4.78 is 17.0. The second-order valence-corrected chi connectivity index (χ2v) is 24.8. The van der Waals surface area contributed by atoms with E-state index in [0.29, 0.717) is 19.3 Å². The maximum atomic E-state index is 12.9. The zero-order valence-electron chi connectivity index (χ0n) is 55.7. The molecule has 0 rings (SSSR count). The first-order valence-corrected chi connectivity index (χ1v) is 36.8. The van der Waals surface area contributed by atoms with Gasteiger partial charge in [-0.3, -0.25) is 14.4 Å². The van der Waals surface area contributed by atoms with Gasteiger partial charge in [-0.2, -0.15) is 0 Å². The molecule has 1 atom stereocenters. The first kappa shape index (κ1) is 80.1. The lowest BCUT2D eigenvalue weighted by molar-refractivity contribution is -0.167. The molecule has 0 radical (unpaired) electrons. The number of hydrogen-bond acceptors (Lipinski definition) is 6. The summed E-state index contributed by atoms with van der Waals surface area (Å²) in [6.07, 6.45) is 92.7. The van der Waals surface area contributed by atoms with Gasteiger partial charge in [0.25, 0.3) is 0 Å². The lowest BCUT2D eigenvalue weighted by atomic mass is 10.0.